The number of halogens is 1. The number of hydrogen-bond acceptors (Lipinski definition) is 4. The van der Waals surface area contributed by atoms with Crippen LogP contribution >= 0.6 is 10.7 Å². The van der Waals surface area contributed by atoms with E-state index in [1.54, 1.807) is 4.90 Å². The fraction of sp³-hybridized carbons (Fsp3) is 0.909. The van der Waals surface area contributed by atoms with Crippen LogP contribution in [0.2, 0.25) is 0 Å². The Hall–Kier alpha value is -0.330. The van der Waals surface area contributed by atoms with E-state index in [4.69, 9.17) is 10.7 Å². The van der Waals surface area contributed by atoms with Crippen LogP contribution in [0.15, 0.2) is 0 Å². The van der Waals surface area contributed by atoms with Gasteiger partial charge in [-0.05, 0) is 26.1 Å². The molecule has 0 aromatic rings. The van der Waals surface area contributed by atoms with Crippen LogP contribution in [0.3, 0.4) is 0 Å². The molecule has 0 N–H and O–H groups in total. The van der Waals surface area contributed by atoms with Gasteiger partial charge < -0.3 is 9.80 Å². The van der Waals surface area contributed by atoms with Crippen LogP contribution in [0, 0.1) is 0 Å². The Balaban J connectivity index is 2.38. The molecule has 0 aliphatic carbocycles. The summed E-state index contributed by atoms with van der Waals surface area (Å²) in [5, 5.41) is -0.736. The third kappa shape index (κ3) is 4.40. The molecule has 18 heavy (non-hydrogen) atoms. The van der Waals surface area contributed by atoms with Gasteiger partial charge in [0.2, 0.25) is 15.0 Å². The third-order valence-corrected chi connectivity index (χ3v) is 5.24. The first-order chi connectivity index (χ1) is 8.38. The van der Waals surface area contributed by atoms with Gasteiger partial charge in [0.05, 0.1) is 0 Å². The summed E-state index contributed by atoms with van der Waals surface area (Å²) in [6.07, 6.45) is 0.888. The fourth-order valence-corrected chi connectivity index (χ4v) is 3.22. The molecule has 0 aromatic carbocycles. The largest absolute Gasteiger partial charge is 0.341 e. The summed E-state index contributed by atoms with van der Waals surface area (Å²) >= 11 is 0. The second-order valence-electron chi connectivity index (χ2n) is 4.52. The van der Waals surface area contributed by atoms with E-state index in [0.717, 1.165) is 26.1 Å². The fourth-order valence-electron chi connectivity index (χ4n) is 2.17. The SMILES string of the molecule is CCN(CC)CCCN1CC(S(=O)(=O)Cl)CC1=O. The predicted molar refractivity (Wildman–Crippen MR) is 72.2 cm³/mol. The molecule has 0 aromatic heterocycles. The van der Waals surface area contributed by atoms with Gasteiger partial charge >= 0.3 is 0 Å². The molecule has 5 nitrogen and oxygen atoms in total. The molecule has 1 amide bonds. The van der Waals surface area contributed by atoms with Crippen molar-refractivity contribution in [1.29, 1.82) is 0 Å². The van der Waals surface area contributed by atoms with E-state index in [1.807, 2.05) is 0 Å². The van der Waals surface area contributed by atoms with Gasteiger partial charge in [0, 0.05) is 30.2 Å². The molecule has 1 saturated heterocycles. The van der Waals surface area contributed by atoms with Crippen LogP contribution in [-0.4, -0.2) is 62.1 Å². The van der Waals surface area contributed by atoms with E-state index >= 15 is 0 Å². The van der Waals surface area contributed by atoms with Crippen LogP contribution < -0.4 is 0 Å². The zero-order chi connectivity index (χ0) is 13.8. The van der Waals surface area contributed by atoms with E-state index in [1.165, 1.54) is 0 Å². The minimum Gasteiger partial charge on any atom is -0.341 e. The Kier molecular flexibility index (Phi) is 5.88. The Morgan fingerprint density at radius 1 is 1.39 bits per heavy atom. The summed E-state index contributed by atoms with van der Waals surface area (Å²) in [5.41, 5.74) is 0. The minimum absolute atomic E-state index is 0.0249. The molecule has 1 aliphatic rings. The first-order valence-electron chi connectivity index (χ1n) is 6.32. The first-order valence-corrected chi connectivity index (χ1v) is 8.69. The van der Waals surface area contributed by atoms with E-state index in [0.29, 0.717) is 6.54 Å². The smallest absolute Gasteiger partial charge is 0.237 e. The van der Waals surface area contributed by atoms with Gasteiger partial charge in [-0.15, -0.1) is 0 Å². The van der Waals surface area contributed by atoms with Crippen LogP contribution in [0.5, 0.6) is 0 Å². The number of amides is 1. The zero-order valence-corrected chi connectivity index (χ0v) is 12.5. The number of hydrogen-bond donors (Lipinski definition) is 0. The van der Waals surface area contributed by atoms with Crippen LogP contribution in [-0.2, 0) is 13.8 Å². The predicted octanol–water partition coefficient (Wildman–Crippen LogP) is 0.888. The molecule has 0 radical (unpaired) electrons. The van der Waals surface area contributed by atoms with Crippen molar-refractivity contribution in [2.75, 3.05) is 32.7 Å². The first kappa shape index (κ1) is 15.7. The van der Waals surface area contributed by atoms with Gasteiger partial charge in [-0.3, -0.25) is 4.79 Å². The number of carbonyl (C=O) groups excluding carboxylic acids is 1. The summed E-state index contributed by atoms with van der Waals surface area (Å²) < 4.78 is 22.4. The lowest BCUT2D eigenvalue weighted by Crippen LogP contribution is -2.31. The summed E-state index contributed by atoms with van der Waals surface area (Å²) in [4.78, 5) is 15.5. The number of rotatable bonds is 7. The topological polar surface area (TPSA) is 57.7 Å². The number of carbonyl (C=O) groups is 1. The molecule has 7 heteroatoms. The molecule has 1 fully saturated rings. The monoisotopic (exact) mass is 296 g/mol. The lowest BCUT2D eigenvalue weighted by molar-refractivity contribution is -0.127. The van der Waals surface area contributed by atoms with E-state index in [2.05, 4.69) is 18.7 Å². The molecule has 1 heterocycles. The molecule has 1 aliphatic heterocycles. The second-order valence-corrected chi connectivity index (χ2v) is 7.43. The van der Waals surface area contributed by atoms with Crippen molar-refractivity contribution in [2.24, 2.45) is 0 Å². The molecule has 1 atom stereocenters. The van der Waals surface area contributed by atoms with Gasteiger partial charge in [0.25, 0.3) is 0 Å². The molecule has 0 spiro atoms. The highest BCUT2D eigenvalue weighted by Gasteiger charge is 2.36. The number of likely N-dealkylation sites (tertiary alicyclic amines) is 1. The quantitative estimate of drug-likeness (QED) is 0.655. The van der Waals surface area contributed by atoms with Gasteiger partial charge in [0.15, 0.2) is 0 Å². The van der Waals surface area contributed by atoms with E-state index < -0.39 is 14.3 Å². The zero-order valence-electron chi connectivity index (χ0n) is 10.9. The molecule has 1 rings (SSSR count). The van der Waals surface area contributed by atoms with Crippen LogP contribution in [0.1, 0.15) is 26.7 Å². The van der Waals surface area contributed by atoms with Crippen LogP contribution in [0.25, 0.3) is 0 Å². The molecule has 106 valence electrons. The van der Waals surface area contributed by atoms with Gasteiger partial charge in [-0.1, -0.05) is 13.8 Å². The maximum atomic E-state index is 11.6. The Labute approximate surface area is 113 Å². The Morgan fingerprint density at radius 2 is 2.00 bits per heavy atom. The lowest BCUT2D eigenvalue weighted by Gasteiger charge is -2.21. The molecule has 1 unspecified atom stereocenters. The van der Waals surface area contributed by atoms with E-state index in [-0.39, 0.29) is 18.9 Å². The Bertz CT molecular complexity index is 382. The Morgan fingerprint density at radius 3 is 2.44 bits per heavy atom. The molecular formula is C11H21ClN2O3S. The van der Waals surface area contributed by atoms with Crippen LogP contribution in [0.4, 0.5) is 0 Å². The second kappa shape index (κ2) is 6.73. The average Bonchev–Trinajstić information content (AvgIpc) is 2.66. The van der Waals surface area contributed by atoms with Gasteiger partial charge in [0.1, 0.15) is 5.25 Å². The highest BCUT2D eigenvalue weighted by molar-refractivity contribution is 8.14. The standard InChI is InChI=1S/C11H21ClN2O3S/c1-3-13(4-2)6-5-7-14-9-10(8-11(14)15)18(12,16)17/h10H,3-9H2,1-2H3. The van der Waals surface area contributed by atoms with Crippen molar-refractivity contribution in [1.82, 2.24) is 9.80 Å². The molecule has 0 bridgehead atoms. The maximum Gasteiger partial charge on any atom is 0.237 e. The van der Waals surface area contributed by atoms with Crippen molar-refractivity contribution in [3.05, 3.63) is 0 Å². The maximum absolute atomic E-state index is 11.6. The van der Waals surface area contributed by atoms with Crippen molar-refractivity contribution in [2.45, 2.75) is 31.9 Å². The number of nitrogens with zero attached hydrogens (tertiary/aromatic N) is 2. The van der Waals surface area contributed by atoms with Gasteiger partial charge in [-0.25, -0.2) is 8.42 Å². The lowest BCUT2D eigenvalue weighted by atomic mass is 10.3. The minimum atomic E-state index is -3.62. The summed E-state index contributed by atoms with van der Waals surface area (Å²) in [6.45, 7) is 7.95. The van der Waals surface area contributed by atoms with E-state index in [9.17, 15) is 13.2 Å². The normalized spacial score (nSPS) is 21.0. The van der Waals surface area contributed by atoms with Crippen molar-refractivity contribution in [3.63, 3.8) is 0 Å². The van der Waals surface area contributed by atoms with Crippen molar-refractivity contribution < 1.29 is 13.2 Å². The summed E-state index contributed by atoms with van der Waals surface area (Å²) in [7, 11) is 1.66. The third-order valence-electron chi connectivity index (χ3n) is 3.37. The summed E-state index contributed by atoms with van der Waals surface area (Å²) in [5.74, 6) is -0.108. The average molecular weight is 297 g/mol. The summed E-state index contributed by atoms with van der Waals surface area (Å²) in [6, 6.07) is 0. The highest BCUT2D eigenvalue weighted by Crippen LogP contribution is 2.21. The molecular weight excluding hydrogens is 276 g/mol. The van der Waals surface area contributed by atoms with Gasteiger partial charge in [-0.2, -0.15) is 0 Å². The van der Waals surface area contributed by atoms with Crippen molar-refractivity contribution >= 4 is 25.6 Å². The van der Waals surface area contributed by atoms with Crippen molar-refractivity contribution in [3.8, 4) is 0 Å². The molecule has 0 saturated carbocycles. The highest BCUT2D eigenvalue weighted by atomic mass is 35.7.